The van der Waals surface area contributed by atoms with Crippen molar-refractivity contribution in [3.63, 3.8) is 0 Å². The Labute approximate surface area is 186 Å². The molecule has 3 aromatic carbocycles. The average Bonchev–Trinajstić information content (AvgIpc) is 2.75. The van der Waals surface area contributed by atoms with Gasteiger partial charge in [-0.3, -0.25) is 4.98 Å². The Morgan fingerprint density at radius 3 is 2.71 bits per heavy atom. The lowest BCUT2D eigenvalue weighted by Crippen LogP contribution is -2.10. The Bertz CT molecular complexity index is 1240. The van der Waals surface area contributed by atoms with Crippen LogP contribution in [0, 0.1) is 6.07 Å². The zero-order valence-electron chi connectivity index (χ0n) is 17.6. The summed E-state index contributed by atoms with van der Waals surface area (Å²) in [6, 6.07) is 21.0. The summed E-state index contributed by atoms with van der Waals surface area (Å²) in [7, 11) is 5.60. The van der Waals surface area contributed by atoms with E-state index in [4.69, 9.17) is 16.3 Å². The lowest BCUT2D eigenvalue weighted by molar-refractivity contribution is 0.374. The Balaban J connectivity index is 1.74. The third-order valence-corrected chi connectivity index (χ3v) is 5.24. The summed E-state index contributed by atoms with van der Waals surface area (Å²) in [6.07, 6.45) is 1.68. The summed E-state index contributed by atoms with van der Waals surface area (Å²) in [5.41, 5.74) is 5.67. The number of fused-ring (bicyclic) bond motifs is 1. The maximum absolute atomic E-state index is 10.0. The van der Waals surface area contributed by atoms with Gasteiger partial charge in [-0.1, -0.05) is 29.8 Å². The number of hydrogen-bond acceptors (Lipinski definition) is 5. The lowest BCUT2D eigenvalue weighted by atomic mass is 10.0. The number of rotatable bonds is 6. The predicted octanol–water partition coefficient (Wildman–Crippen LogP) is 5.87. The van der Waals surface area contributed by atoms with Gasteiger partial charge in [0.25, 0.3) is 0 Å². The molecular weight excluding hydrogens is 410 g/mol. The number of aromatic nitrogens is 1. The Morgan fingerprint density at radius 1 is 1.10 bits per heavy atom. The fourth-order valence-electron chi connectivity index (χ4n) is 3.53. The minimum absolute atomic E-state index is 0.0660. The Kier molecular flexibility index (Phi) is 5.98. The SMILES string of the molecule is COc1cc(-c2ccc3nc[c]c(Nc4cccc(CN(C)C)c4)c3c2)cc(Cl)c1O. The highest BCUT2D eigenvalue weighted by molar-refractivity contribution is 6.32. The molecule has 0 saturated heterocycles. The zero-order chi connectivity index (χ0) is 22.0. The van der Waals surface area contributed by atoms with E-state index in [0.29, 0.717) is 5.75 Å². The van der Waals surface area contributed by atoms with E-state index in [1.165, 1.54) is 12.7 Å². The van der Waals surface area contributed by atoms with E-state index < -0.39 is 0 Å². The van der Waals surface area contributed by atoms with Gasteiger partial charge in [-0.2, -0.15) is 0 Å². The second kappa shape index (κ2) is 8.84. The number of hydrogen-bond donors (Lipinski definition) is 2. The van der Waals surface area contributed by atoms with Gasteiger partial charge in [0.05, 0.1) is 23.3 Å². The summed E-state index contributed by atoms with van der Waals surface area (Å²) >= 11 is 6.19. The fraction of sp³-hybridized carbons (Fsp3) is 0.160. The average molecular weight is 433 g/mol. The molecule has 0 fully saturated rings. The van der Waals surface area contributed by atoms with Crippen molar-refractivity contribution in [1.29, 1.82) is 0 Å². The molecule has 0 amide bonds. The molecule has 5 nitrogen and oxygen atoms in total. The molecule has 4 aromatic rings. The highest BCUT2D eigenvalue weighted by Gasteiger charge is 2.12. The molecule has 1 radical (unpaired) electrons. The molecule has 0 spiro atoms. The third kappa shape index (κ3) is 4.58. The standard InChI is InChI=1S/C25H23ClN3O2/c1-29(2)15-16-5-4-6-19(11-16)28-23-9-10-27-22-8-7-17(12-20(22)23)18-13-21(26)25(30)24(14-18)31-3/h4-8,10-14,30H,15H2,1-3H3,(H,27,28). The quantitative estimate of drug-likeness (QED) is 0.398. The molecule has 1 aromatic heterocycles. The van der Waals surface area contributed by atoms with E-state index in [0.717, 1.165) is 39.9 Å². The molecule has 1 heterocycles. The van der Waals surface area contributed by atoms with Crippen LogP contribution in [0.15, 0.2) is 60.8 Å². The third-order valence-electron chi connectivity index (χ3n) is 4.96. The fourth-order valence-corrected chi connectivity index (χ4v) is 3.74. The molecule has 31 heavy (non-hydrogen) atoms. The number of aromatic hydroxyl groups is 1. The maximum atomic E-state index is 10.0. The Hall–Kier alpha value is -3.28. The van der Waals surface area contributed by atoms with Crippen molar-refractivity contribution in [2.24, 2.45) is 0 Å². The largest absolute Gasteiger partial charge is 0.503 e. The molecule has 0 aliphatic heterocycles. The highest BCUT2D eigenvalue weighted by Crippen LogP contribution is 2.39. The number of pyridine rings is 1. The first kappa shape index (κ1) is 21.0. The van der Waals surface area contributed by atoms with Crippen LogP contribution in [0.1, 0.15) is 5.56 Å². The molecular formula is C25H23ClN3O2. The van der Waals surface area contributed by atoms with Gasteiger partial charge in [-0.15, -0.1) is 0 Å². The summed E-state index contributed by atoms with van der Waals surface area (Å²) < 4.78 is 5.25. The van der Waals surface area contributed by atoms with Crippen LogP contribution >= 0.6 is 11.6 Å². The van der Waals surface area contributed by atoms with E-state index in [2.05, 4.69) is 47.5 Å². The van der Waals surface area contributed by atoms with Crippen molar-refractivity contribution < 1.29 is 9.84 Å². The van der Waals surface area contributed by atoms with Gasteiger partial charge in [0.15, 0.2) is 11.5 Å². The van der Waals surface area contributed by atoms with Crippen molar-refractivity contribution in [3.05, 3.63) is 77.4 Å². The molecule has 0 unspecified atom stereocenters. The van der Waals surface area contributed by atoms with Crippen LogP contribution in [0.3, 0.4) is 0 Å². The van der Waals surface area contributed by atoms with Crippen molar-refractivity contribution >= 4 is 33.9 Å². The van der Waals surface area contributed by atoms with Crippen LogP contribution in [0.25, 0.3) is 22.0 Å². The van der Waals surface area contributed by atoms with Crippen LogP contribution in [0.5, 0.6) is 11.5 Å². The summed E-state index contributed by atoms with van der Waals surface area (Å²) in [5.74, 6) is 0.264. The first-order valence-corrected chi connectivity index (χ1v) is 10.2. The minimum Gasteiger partial charge on any atom is -0.503 e. The van der Waals surface area contributed by atoms with E-state index in [1.807, 2.05) is 30.3 Å². The molecule has 157 valence electrons. The number of ether oxygens (including phenoxy) is 1. The smallest absolute Gasteiger partial charge is 0.176 e. The summed E-state index contributed by atoms with van der Waals surface area (Å²) in [6.45, 7) is 0.865. The molecule has 6 heteroatoms. The van der Waals surface area contributed by atoms with Crippen molar-refractivity contribution in [3.8, 4) is 22.6 Å². The van der Waals surface area contributed by atoms with Crippen LogP contribution in [0.4, 0.5) is 11.4 Å². The zero-order valence-corrected chi connectivity index (χ0v) is 18.4. The summed E-state index contributed by atoms with van der Waals surface area (Å²) in [5, 5.41) is 14.7. The lowest BCUT2D eigenvalue weighted by Gasteiger charge is -2.14. The molecule has 0 bridgehead atoms. The number of nitrogens with zero attached hydrogens (tertiary/aromatic N) is 2. The van der Waals surface area contributed by atoms with E-state index >= 15 is 0 Å². The molecule has 0 saturated carbocycles. The monoisotopic (exact) mass is 432 g/mol. The normalized spacial score (nSPS) is 11.1. The topological polar surface area (TPSA) is 57.6 Å². The van der Waals surface area contributed by atoms with Gasteiger partial charge in [-0.25, -0.2) is 0 Å². The number of phenolic OH excluding ortho intramolecular Hbond substituents is 1. The van der Waals surface area contributed by atoms with Gasteiger partial charge in [0.2, 0.25) is 0 Å². The predicted molar refractivity (Wildman–Crippen MR) is 126 cm³/mol. The van der Waals surface area contributed by atoms with Crippen molar-refractivity contribution in [2.75, 3.05) is 26.5 Å². The number of benzene rings is 3. The van der Waals surface area contributed by atoms with Gasteiger partial charge in [-0.05, 0) is 67.2 Å². The summed E-state index contributed by atoms with van der Waals surface area (Å²) in [4.78, 5) is 6.58. The van der Waals surface area contributed by atoms with Crippen LogP contribution in [-0.2, 0) is 6.54 Å². The minimum atomic E-state index is -0.0660. The van der Waals surface area contributed by atoms with Gasteiger partial charge in [0, 0.05) is 29.9 Å². The second-order valence-corrected chi connectivity index (χ2v) is 7.99. The van der Waals surface area contributed by atoms with Crippen molar-refractivity contribution in [2.45, 2.75) is 6.54 Å². The van der Waals surface area contributed by atoms with E-state index in [-0.39, 0.29) is 10.8 Å². The van der Waals surface area contributed by atoms with E-state index in [9.17, 15) is 5.11 Å². The number of phenols is 1. The number of halogens is 1. The molecule has 2 N–H and O–H groups in total. The first-order valence-electron chi connectivity index (χ1n) is 9.82. The van der Waals surface area contributed by atoms with Crippen LogP contribution in [-0.4, -0.2) is 36.2 Å². The maximum Gasteiger partial charge on any atom is 0.176 e. The molecule has 0 atom stereocenters. The number of nitrogens with one attached hydrogen (secondary N) is 1. The van der Waals surface area contributed by atoms with Gasteiger partial charge in [0.1, 0.15) is 0 Å². The van der Waals surface area contributed by atoms with Crippen LogP contribution in [0.2, 0.25) is 5.02 Å². The van der Waals surface area contributed by atoms with Gasteiger partial charge >= 0.3 is 0 Å². The first-order chi connectivity index (χ1) is 14.9. The number of anilines is 2. The van der Waals surface area contributed by atoms with Gasteiger partial charge < -0.3 is 20.1 Å². The van der Waals surface area contributed by atoms with Crippen molar-refractivity contribution in [1.82, 2.24) is 9.88 Å². The highest BCUT2D eigenvalue weighted by atomic mass is 35.5. The molecule has 4 rings (SSSR count). The number of methoxy groups -OCH3 is 1. The second-order valence-electron chi connectivity index (χ2n) is 7.58. The van der Waals surface area contributed by atoms with E-state index in [1.54, 1.807) is 18.3 Å². The molecule has 0 aliphatic carbocycles. The van der Waals surface area contributed by atoms with Crippen LogP contribution < -0.4 is 10.1 Å². The molecule has 0 aliphatic rings. The Morgan fingerprint density at radius 2 is 1.94 bits per heavy atom.